The van der Waals surface area contributed by atoms with Crippen LogP contribution in [-0.2, 0) is 10.8 Å². The smallest absolute Gasteiger partial charge is 0.200 e. The number of rotatable bonds is 8. The van der Waals surface area contributed by atoms with E-state index >= 15 is 0 Å². The van der Waals surface area contributed by atoms with Gasteiger partial charge in [-0.15, -0.1) is 0 Å². The van der Waals surface area contributed by atoms with Crippen LogP contribution in [0.25, 0.3) is 0 Å². The Bertz CT molecular complexity index is 413. The van der Waals surface area contributed by atoms with Gasteiger partial charge in [0.1, 0.15) is 4.60 Å². The number of aromatic nitrogens is 1. The predicted molar refractivity (Wildman–Crippen MR) is 97.3 cm³/mol. The minimum Gasteiger partial charge on any atom is -0.416 e. The number of hydrogen-bond donors (Lipinski definition) is 0. The maximum atomic E-state index is 6.57. The van der Waals surface area contributed by atoms with E-state index in [9.17, 15) is 0 Å². The van der Waals surface area contributed by atoms with Crippen LogP contribution in [0.1, 0.15) is 53.7 Å². The van der Waals surface area contributed by atoms with Crippen LogP contribution in [-0.4, -0.2) is 19.9 Å². The summed E-state index contributed by atoms with van der Waals surface area (Å²) in [6.07, 6.45) is 2.03. The summed E-state index contributed by atoms with van der Waals surface area (Å²) < 4.78 is 7.48. The maximum Gasteiger partial charge on any atom is 0.200 e. The van der Waals surface area contributed by atoms with E-state index in [0.29, 0.717) is 16.6 Å². The first-order chi connectivity index (χ1) is 9.80. The molecule has 0 bridgehead atoms. The topological polar surface area (TPSA) is 22.1 Å². The van der Waals surface area contributed by atoms with Crippen LogP contribution < -0.4 is 0 Å². The molecule has 0 aliphatic carbocycles. The molecule has 0 amide bonds. The molecule has 0 aliphatic rings. The molecular weight excluding hydrogens is 342 g/mol. The number of pyridine rings is 1. The molecule has 1 aromatic heterocycles. The SMILES string of the molecule is CC(C)[Si](OCCCc1cccc(Br)n1)(C(C)C)C(C)C. The lowest BCUT2D eigenvalue weighted by atomic mass is 10.2. The van der Waals surface area contributed by atoms with E-state index in [1.54, 1.807) is 0 Å². The van der Waals surface area contributed by atoms with Crippen molar-refractivity contribution >= 4 is 24.2 Å². The lowest BCUT2D eigenvalue weighted by Crippen LogP contribution is -2.48. The van der Waals surface area contributed by atoms with Gasteiger partial charge in [0, 0.05) is 12.3 Å². The van der Waals surface area contributed by atoms with Crippen molar-refractivity contribution in [1.29, 1.82) is 0 Å². The lowest BCUT2D eigenvalue weighted by Gasteiger charge is -2.42. The Hall–Kier alpha value is -0.193. The fourth-order valence-electron chi connectivity index (χ4n) is 3.59. The van der Waals surface area contributed by atoms with Gasteiger partial charge in [0.25, 0.3) is 0 Å². The van der Waals surface area contributed by atoms with E-state index in [2.05, 4.69) is 68.5 Å². The van der Waals surface area contributed by atoms with Crippen molar-refractivity contribution in [2.45, 2.75) is 71.0 Å². The zero-order valence-electron chi connectivity index (χ0n) is 14.3. The zero-order valence-corrected chi connectivity index (χ0v) is 16.9. The van der Waals surface area contributed by atoms with E-state index in [-0.39, 0.29) is 0 Å². The van der Waals surface area contributed by atoms with Crippen LogP contribution in [0.2, 0.25) is 16.6 Å². The first-order valence-corrected chi connectivity index (χ1v) is 11.0. The van der Waals surface area contributed by atoms with Gasteiger partial charge in [-0.2, -0.15) is 0 Å². The van der Waals surface area contributed by atoms with Crippen molar-refractivity contribution in [3.8, 4) is 0 Å². The van der Waals surface area contributed by atoms with Crippen molar-refractivity contribution in [2.75, 3.05) is 6.61 Å². The van der Waals surface area contributed by atoms with Crippen LogP contribution in [0.5, 0.6) is 0 Å². The molecule has 0 atom stereocenters. The van der Waals surface area contributed by atoms with Crippen molar-refractivity contribution in [2.24, 2.45) is 0 Å². The second-order valence-electron chi connectivity index (χ2n) is 6.72. The fourth-order valence-corrected chi connectivity index (χ4v) is 9.47. The summed E-state index contributed by atoms with van der Waals surface area (Å²) in [5.41, 5.74) is 3.10. The average molecular weight is 372 g/mol. The van der Waals surface area contributed by atoms with E-state index in [0.717, 1.165) is 29.7 Å². The van der Waals surface area contributed by atoms with Gasteiger partial charge in [0.15, 0.2) is 8.32 Å². The molecule has 1 rings (SSSR count). The molecule has 0 aromatic carbocycles. The summed E-state index contributed by atoms with van der Waals surface area (Å²) in [5.74, 6) is 0. The number of nitrogens with zero attached hydrogens (tertiary/aromatic N) is 1. The Labute approximate surface area is 140 Å². The van der Waals surface area contributed by atoms with Crippen LogP contribution in [0, 0.1) is 0 Å². The number of hydrogen-bond acceptors (Lipinski definition) is 2. The Morgan fingerprint density at radius 3 is 2.10 bits per heavy atom. The molecular formula is C17H30BrNOSi. The molecule has 0 saturated heterocycles. The van der Waals surface area contributed by atoms with E-state index in [4.69, 9.17) is 4.43 Å². The molecule has 0 spiro atoms. The van der Waals surface area contributed by atoms with Gasteiger partial charge in [0.2, 0.25) is 0 Å². The second-order valence-corrected chi connectivity index (χ2v) is 13.0. The van der Waals surface area contributed by atoms with E-state index in [1.807, 2.05) is 12.1 Å². The van der Waals surface area contributed by atoms with Crippen molar-refractivity contribution in [3.63, 3.8) is 0 Å². The highest BCUT2D eigenvalue weighted by molar-refractivity contribution is 9.10. The van der Waals surface area contributed by atoms with Gasteiger partial charge < -0.3 is 4.43 Å². The van der Waals surface area contributed by atoms with Gasteiger partial charge in [-0.3, -0.25) is 0 Å². The third kappa shape index (κ3) is 4.90. The quantitative estimate of drug-likeness (QED) is 0.319. The molecule has 0 radical (unpaired) electrons. The average Bonchev–Trinajstić information content (AvgIpc) is 2.37. The predicted octanol–water partition coefficient (Wildman–Crippen LogP) is 5.97. The molecule has 120 valence electrons. The molecule has 0 fully saturated rings. The standard InChI is InChI=1S/C17H30BrNOSi/c1-13(2)21(14(3)4,15(5)6)20-12-8-10-16-9-7-11-17(18)19-16/h7,9,11,13-15H,8,10,12H2,1-6H3. The zero-order chi connectivity index (χ0) is 16.0. The van der Waals surface area contributed by atoms with Crippen molar-refractivity contribution < 1.29 is 4.43 Å². The molecule has 2 nitrogen and oxygen atoms in total. The molecule has 1 heterocycles. The van der Waals surface area contributed by atoms with Crippen LogP contribution >= 0.6 is 15.9 Å². The Morgan fingerprint density at radius 1 is 1.05 bits per heavy atom. The Morgan fingerprint density at radius 2 is 1.62 bits per heavy atom. The summed E-state index contributed by atoms with van der Waals surface area (Å²) in [5, 5.41) is 0. The van der Waals surface area contributed by atoms with Gasteiger partial charge >= 0.3 is 0 Å². The van der Waals surface area contributed by atoms with Crippen LogP contribution in [0.3, 0.4) is 0 Å². The highest BCUT2D eigenvalue weighted by Crippen LogP contribution is 2.42. The van der Waals surface area contributed by atoms with Gasteiger partial charge in [-0.1, -0.05) is 47.6 Å². The lowest BCUT2D eigenvalue weighted by molar-refractivity contribution is 0.272. The minimum absolute atomic E-state index is 0.654. The number of aryl methyl sites for hydroxylation is 1. The first-order valence-electron chi connectivity index (χ1n) is 8.06. The fraction of sp³-hybridized carbons (Fsp3) is 0.706. The van der Waals surface area contributed by atoms with Gasteiger partial charge in [-0.05, 0) is 57.5 Å². The molecule has 1 aromatic rings. The van der Waals surface area contributed by atoms with E-state index < -0.39 is 8.32 Å². The first kappa shape index (κ1) is 18.9. The molecule has 0 aliphatic heterocycles. The van der Waals surface area contributed by atoms with Crippen molar-refractivity contribution in [3.05, 3.63) is 28.5 Å². The third-order valence-corrected chi connectivity index (χ3v) is 11.0. The molecule has 4 heteroatoms. The van der Waals surface area contributed by atoms with Crippen LogP contribution in [0.15, 0.2) is 22.8 Å². The number of halogens is 1. The van der Waals surface area contributed by atoms with E-state index in [1.165, 1.54) is 0 Å². The summed E-state index contributed by atoms with van der Waals surface area (Å²) in [6, 6.07) is 6.10. The largest absolute Gasteiger partial charge is 0.416 e. The Balaban J connectivity index is 2.58. The molecule has 21 heavy (non-hydrogen) atoms. The normalized spacial score (nSPS) is 12.7. The minimum atomic E-state index is -1.71. The summed E-state index contributed by atoms with van der Waals surface area (Å²) in [7, 11) is -1.71. The van der Waals surface area contributed by atoms with Crippen molar-refractivity contribution in [1.82, 2.24) is 4.98 Å². The highest BCUT2D eigenvalue weighted by atomic mass is 79.9. The summed E-state index contributed by atoms with van der Waals surface area (Å²) in [4.78, 5) is 4.48. The third-order valence-electron chi connectivity index (χ3n) is 4.41. The van der Waals surface area contributed by atoms with Gasteiger partial charge in [-0.25, -0.2) is 4.98 Å². The Kier molecular flexibility index (Phi) is 7.58. The van der Waals surface area contributed by atoms with Gasteiger partial charge in [0.05, 0.1) is 0 Å². The second kappa shape index (κ2) is 8.44. The molecule has 0 saturated carbocycles. The molecule has 0 N–H and O–H groups in total. The van der Waals surface area contributed by atoms with Crippen LogP contribution in [0.4, 0.5) is 0 Å². The highest BCUT2D eigenvalue weighted by Gasteiger charge is 2.44. The summed E-state index contributed by atoms with van der Waals surface area (Å²) in [6.45, 7) is 14.9. The maximum absolute atomic E-state index is 6.57. The summed E-state index contributed by atoms with van der Waals surface area (Å²) >= 11 is 3.42. The molecule has 0 unspecified atom stereocenters. The monoisotopic (exact) mass is 371 g/mol.